The van der Waals surface area contributed by atoms with Gasteiger partial charge >= 0.3 is 5.97 Å². The summed E-state index contributed by atoms with van der Waals surface area (Å²) in [5.41, 5.74) is 0.678. The molecule has 0 saturated heterocycles. The number of esters is 1. The zero-order chi connectivity index (χ0) is 15.5. The predicted octanol–water partition coefficient (Wildman–Crippen LogP) is 1.64. The molecule has 0 amide bonds. The van der Waals surface area contributed by atoms with Gasteiger partial charge < -0.3 is 4.74 Å². The van der Waals surface area contributed by atoms with Crippen LogP contribution in [0.3, 0.4) is 0 Å². The topological polar surface area (TPSA) is 87.0 Å². The number of fused-ring (bicyclic) bond motifs is 1. The van der Waals surface area contributed by atoms with Gasteiger partial charge in [-0.2, -0.15) is 0 Å². The van der Waals surface area contributed by atoms with E-state index >= 15 is 0 Å². The number of para-hydroxylation sites is 1. The highest BCUT2D eigenvalue weighted by molar-refractivity contribution is 7.10. The number of halogens is 1. The molecule has 9 heteroatoms. The van der Waals surface area contributed by atoms with Crippen molar-refractivity contribution in [3.8, 4) is 0 Å². The first-order chi connectivity index (χ1) is 10.6. The molecule has 0 fully saturated rings. The van der Waals surface area contributed by atoms with Gasteiger partial charge in [0.05, 0.1) is 17.2 Å². The minimum absolute atomic E-state index is 0.0794. The first-order valence-corrected chi connectivity index (χ1v) is 7.37. The third-order valence-electron chi connectivity index (χ3n) is 2.91. The van der Waals surface area contributed by atoms with Crippen LogP contribution in [0, 0.1) is 0 Å². The van der Waals surface area contributed by atoms with Crippen molar-refractivity contribution in [2.45, 2.75) is 13.2 Å². The number of carbonyl (C=O) groups is 1. The van der Waals surface area contributed by atoms with E-state index in [-0.39, 0.29) is 18.7 Å². The summed E-state index contributed by atoms with van der Waals surface area (Å²) in [7, 11) is 0. The van der Waals surface area contributed by atoms with Crippen molar-refractivity contribution < 1.29 is 9.53 Å². The van der Waals surface area contributed by atoms with Gasteiger partial charge in [0.25, 0.3) is 5.56 Å². The Hall–Kier alpha value is -2.32. The van der Waals surface area contributed by atoms with E-state index in [0.717, 1.165) is 11.5 Å². The Morgan fingerprint density at radius 1 is 1.36 bits per heavy atom. The lowest BCUT2D eigenvalue weighted by Crippen LogP contribution is -2.25. The van der Waals surface area contributed by atoms with Crippen LogP contribution in [0.15, 0.2) is 35.4 Å². The largest absolute Gasteiger partial charge is 0.458 e. The fourth-order valence-electron chi connectivity index (χ4n) is 1.84. The van der Waals surface area contributed by atoms with Crippen LogP contribution in [-0.4, -0.2) is 25.1 Å². The van der Waals surface area contributed by atoms with Crippen molar-refractivity contribution >= 4 is 40.0 Å². The highest BCUT2D eigenvalue weighted by Gasteiger charge is 2.11. The number of benzene rings is 1. The van der Waals surface area contributed by atoms with Crippen LogP contribution in [0.25, 0.3) is 10.9 Å². The summed E-state index contributed by atoms with van der Waals surface area (Å²) in [4.78, 5) is 28.2. The van der Waals surface area contributed by atoms with E-state index in [0.29, 0.717) is 20.9 Å². The number of nitrogens with zero attached hydrogens (tertiary/aromatic N) is 4. The molecule has 22 heavy (non-hydrogen) atoms. The predicted molar refractivity (Wildman–Crippen MR) is 80.7 cm³/mol. The normalized spacial score (nSPS) is 10.8. The van der Waals surface area contributed by atoms with E-state index in [9.17, 15) is 9.59 Å². The lowest BCUT2D eigenvalue weighted by molar-refractivity contribution is -0.145. The molecular formula is C13H9ClN4O3S. The smallest absolute Gasteiger partial charge is 0.326 e. The van der Waals surface area contributed by atoms with E-state index in [2.05, 4.69) is 14.6 Å². The number of rotatable bonds is 4. The molecule has 3 aromatic rings. The van der Waals surface area contributed by atoms with Crippen molar-refractivity contribution in [1.82, 2.24) is 19.1 Å². The molecular weight excluding hydrogens is 328 g/mol. The third kappa shape index (κ3) is 2.97. The second-order valence-electron chi connectivity index (χ2n) is 4.35. The quantitative estimate of drug-likeness (QED) is 0.673. The molecule has 3 rings (SSSR count). The fourth-order valence-corrected chi connectivity index (χ4v) is 2.44. The molecule has 0 aliphatic heterocycles. The lowest BCUT2D eigenvalue weighted by atomic mass is 10.2. The van der Waals surface area contributed by atoms with E-state index in [1.54, 1.807) is 24.3 Å². The summed E-state index contributed by atoms with van der Waals surface area (Å²) in [5, 5.41) is 4.18. The number of carbonyl (C=O) groups excluding carboxylic acids is 1. The van der Waals surface area contributed by atoms with Gasteiger partial charge in [-0.05, 0) is 12.1 Å². The number of hydrogen-bond acceptors (Lipinski definition) is 7. The van der Waals surface area contributed by atoms with Crippen molar-refractivity contribution in [3.05, 3.63) is 51.0 Å². The van der Waals surface area contributed by atoms with Gasteiger partial charge in [0, 0.05) is 11.5 Å². The summed E-state index contributed by atoms with van der Waals surface area (Å²) in [6, 6.07) is 6.92. The van der Waals surface area contributed by atoms with Crippen LogP contribution in [0.5, 0.6) is 0 Å². The average Bonchev–Trinajstić information content (AvgIpc) is 2.93. The molecule has 0 aliphatic rings. The zero-order valence-electron chi connectivity index (χ0n) is 11.1. The molecule has 0 spiro atoms. The maximum absolute atomic E-state index is 12.2. The molecule has 0 N–H and O–H groups in total. The third-order valence-corrected chi connectivity index (χ3v) is 3.89. The highest BCUT2D eigenvalue weighted by Crippen LogP contribution is 2.17. The van der Waals surface area contributed by atoms with Crippen molar-refractivity contribution in [3.63, 3.8) is 0 Å². The zero-order valence-corrected chi connectivity index (χ0v) is 12.7. The Morgan fingerprint density at radius 3 is 2.95 bits per heavy atom. The van der Waals surface area contributed by atoms with E-state index < -0.39 is 5.97 Å². The van der Waals surface area contributed by atoms with E-state index in [1.165, 1.54) is 10.9 Å². The summed E-state index contributed by atoms with van der Waals surface area (Å²) in [6.07, 6.45) is 1.32. The van der Waals surface area contributed by atoms with Crippen LogP contribution in [0.1, 0.15) is 5.69 Å². The molecule has 0 saturated carbocycles. The summed E-state index contributed by atoms with van der Waals surface area (Å²) in [6.45, 7) is -0.310. The summed E-state index contributed by atoms with van der Waals surface area (Å²) >= 11 is 6.82. The standard InChI is InChI=1S/C13H9ClN4O3S/c14-12-10(16-17-22-12)6-21-11(19)5-18-7-15-9-4-2-1-3-8(9)13(18)20/h1-4,7H,5-6H2. The molecule has 0 bridgehead atoms. The molecule has 2 heterocycles. The molecule has 0 radical (unpaired) electrons. The molecule has 0 atom stereocenters. The highest BCUT2D eigenvalue weighted by atomic mass is 35.5. The van der Waals surface area contributed by atoms with Gasteiger partial charge in [0.1, 0.15) is 23.2 Å². The Kier molecular flexibility index (Phi) is 4.12. The maximum Gasteiger partial charge on any atom is 0.326 e. The summed E-state index contributed by atoms with van der Waals surface area (Å²) in [5.74, 6) is -0.580. The lowest BCUT2D eigenvalue weighted by Gasteiger charge is -2.06. The number of hydrogen-bond donors (Lipinski definition) is 0. The second kappa shape index (κ2) is 6.20. The molecule has 112 valence electrons. The Bertz CT molecular complexity index is 892. The Labute approximate surface area is 133 Å². The van der Waals surface area contributed by atoms with E-state index in [1.807, 2.05) is 0 Å². The van der Waals surface area contributed by atoms with Crippen LogP contribution < -0.4 is 5.56 Å². The van der Waals surface area contributed by atoms with Gasteiger partial charge in [-0.15, -0.1) is 5.10 Å². The van der Waals surface area contributed by atoms with Gasteiger partial charge in [-0.1, -0.05) is 28.2 Å². The molecule has 2 aromatic heterocycles. The molecule has 1 aromatic carbocycles. The van der Waals surface area contributed by atoms with Crippen LogP contribution in [0.4, 0.5) is 0 Å². The molecule has 7 nitrogen and oxygen atoms in total. The minimum atomic E-state index is -0.580. The van der Waals surface area contributed by atoms with Crippen LogP contribution in [0.2, 0.25) is 4.34 Å². The second-order valence-corrected chi connectivity index (χ2v) is 5.70. The van der Waals surface area contributed by atoms with Crippen LogP contribution in [-0.2, 0) is 22.7 Å². The Balaban J connectivity index is 1.73. The van der Waals surface area contributed by atoms with E-state index in [4.69, 9.17) is 16.3 Å². The SMILES string of the molecule is O=C(Cn1cnc2ccccc2c1=O)OCc1nnsc1Cl. The first kappa shape index (κ1) is 14.6. The van der Waals surface area contributed by atoms with Gasteiger partial charge in [0.15, 0.2) is 0 Å². The molecule has 0 unspecified atom stereocenters. The minimum Gasteiger partial charge on any atom is -0.458 e. The first-order valence-electron chi connectivity index (χ1n) is 6.21. The average molecular weight is 337 g/mol. The van der Waals surface area contributed by atoms with Crippen molar-refractivity contribution in [1.29, 1.82) is 0 Å². The number of aromatic nitrogens is 4. The van der Waals surface area contributed by atoms with Gasteiger partial charge in [0.2, 0.25) is 0 Å². The maximum atomic E-state index is 12.2. The summed E-state index contributed by atoms with van der Waals surface area (Å²) < 4.78 is 10.2. The fraction of sp³-hybridized carbons (Fsp3) is 0.154. The monoisotopic (exact) mass is 336 g/mol. The molecule has 0 aliphatic carbocycles. The van der Waals surface area contributed by atoms with Crippen molar-refractivity contribution in [2.75, 3.05) is 0 Å². The Morgan fingerprint density at radius 2 is 2.18 bits per heavy atom. The number of ether oxygens (including phenoxy) is 1. The van der Waals surface area contributed by atoms with Crippen molar-refractivity contribution in [2.24, 2.45) is 0 Å². The van der Waals surface area contributed by atoms with Gasteiger partial charge in [-0.3, -0.25) is 14.2 Å². The van der Waals surface area contributed by atoms with Crippen LogP contribution >= 0.6 is 23.1 Å². The van der Waals surface area contributed by atoms with Gasteiger partial charge in [-0.25, -0.2) is 4.98 Å².